The molecule has 1 aliphatic heterocycles. The summed E-state index contributed by atoms with van der Waals surface area (Å²) in [6.07, 6.45) is -2.98. The Bertz CT molecular complexity index is 839. The number of imide groups is 1. The highest BCUT2D eigenvalue weighted by Gasteiger charge is 2.69. The molecule has 1 aliphatic carbocycles. The van der Waals surface area contributed by atoms with Gasteiger partial charge in [0.2, 0.25) is 0 Å². The molecule has 0 spiro atoms. The lowest BCUT2D eigenvalue weighted by atomic mass is 10.1. The third-order valence-corrected chi connectivity index (χ3v) is 5.11. The Labute approximate surface area is 164 Å². The lowest BCUT2D eigenvalue weighted by Crippen LogP contribution is -2.69. The number of alkyl halides is 3. The SMILES string of the molecule is COc1ccc(C(=O)NC2(C(F)(F)F)NC(=O)N(C3CCCC3)C2=O)cc1OC. The van der Waals surface area contributed by atoms with E-state index in [1.165, 1.54) is 32.4 Å². The molecule has 0 aromatic heterocycles. The fraction of sp³-hybridized carbons (Fsp3) is 0.500. The molecule has 2 N–H and O–H groups in total. The van der Waals surface area contributed by atoms with E-state index in [-0.39, 0.29) is 17.1 Å². The minimum atomic E-state index is -5.25. The number of nitrogens with one attached hydrogen (secondary N) is 2. The molecule has 3 rings (SSSR count). The first-order chi connectivity index (χ1) is 13.6. The summed E-state index contributed by atoms with van der Waals surface area (Å²) in [4.78, 5) is 38.1. The van der Waals surface area contributed by atoms with E-state index in [2.05, 4.69) is 0 Å². The molecule has 1 saturated carbocycles. The van der Waals surface area contributed by atoms with Crippen LogP contribution in [-0.2, 0) is 4.79 Å². The van der Waals surface area contributed by atoms with Crippen LogP contribution in [0.25, 0.3) is 0 Å². The number of rotatable bonds is 5. The number of nitrogens with zero attached hydrogens (tertiary/aromatic N) is 1. The summed E-state index contributed by atoms with van der Waals surface area (Å²) in [7, 11) is 2.66. The first-order valence-electron chi connectivity index (χ1n) is 8.91. The van der Waals surface area contributed by atoms with Gasteiger partial charge >= 0.3 is 12.2 Å². The van der Waals surface area contributed by atoms with E-state index in [0.29, 0.717) is 30.6 Å². The standard InChI is InChI=1S/C18H20F3N3O5/c1-28-12-8-7-10(9-13(12)29-2)14(25)22-17(18(19,20)21)15(26)24(16(27)23-17)11-5-3-4-6-11/h7-9,11H,3-6H2,1-2H3,(H,22,25)(H,23,27). The normalized spacial score (nSPS) is 22.6. The quantitative estimate of drug-likeness (QED) is 0.719. The lowest BCUT2D eigenvalue weighted by Gasteiger charge is -2.30. The summed E-state index contributed by atoms with van der Waals surface area (Å²) >= 11 is 0. The second-order valence-corrected chi connectivity index (χ2v) is 6.82. The van der Waals surface area contributed by atoms with Crippen molar-refractivity contribution >= 4 is 17.8 Å². The molecule has 2 fully saturated rings. The van der Waals surface area contributed by atoms with Gasteiger partial charge in [0.25, 0.3) is 17.5 Å². The number of benzene rings is 1. The average molecular weight is 415 g/mol. The zero-order valence-electron chi connectivity index (χ0n) is 15.8. The predicted octanol–water partition coefficient (Wildman–Crippen LogP) is 2.19. The fourth-order valence-electron chi connectivity index (χ4n) is 3.61. The molecular weight excluding hydrogens is 395 g/mol. The molecule has 2 aliphatic rings. The maximum Gasteiger partial charge on any atom is 0.440 e. The van der Waals surface area contributed by atoms with Gasteiger partial charge in [-0.2, -0.15) is 13.2 Å². The first kappa shape index (κ1) is 20.7. The minimum absolute atomic E-state index is 0.121. The van der Waals surface area contributed by atoms with Gasteiger partial charge in [0.1, 0.15) is 0 Å². The minimum Gasteiger partial charge on any atom is -0.493 e. The van der Waals surface area contributed by atoms with Crippen molar-refractivity contribution in [3.8, 4) is 11.5 Å². The number of ether oxygens (including phenoxy) is 2. The third kappa shape index (κ3) is 3.45. The zero-order valence-corrected chi connectivity index (χ0v) is 15.8. The molecule has 158 valence electrons. The fourth-order valence-corrected chi connectivity index (χ4v) is 3.61. The van der Waals surface area contributed by atoms with Crippen molar-refractivity contribution in [2.24, 2.45) is 0 Å². The van der Waals surface area contributed by atoms with Crippen molar-refractivity contribution in [3.05, 3.63) is 23.8 Å². The highest BCUT2D eigenvalue weighted by molar-refractivity contribution is 6.10. The van der Waals surface area contributed by atoms with E-state index >= 15 is 0 Å². The molecule has 29 heavy (non-hydrogen) atoms. The van der Waals surface area contributed by atoms with Crippen LogP contribution in [0.5, 0.6) is 11.5 Å². The van der Waals surface area contributed by atoms with Gasteiger partial charge in [-0.1, -0.05) is 12.8 Å². The molecule has 4 amide bonds. The van der Waals surface area contributed by atoms with Crippen LogP contribution in [-0.4, -0.2) is 54.8 Å². The predicted molar refractivity (Wildman–Crippen MR) is 93.4 cm³/mol. The second-order valence-electron chi connectivity index (χ2n) is 6.82. The van der Waals surface area contributed by atoms with Crippen LogP contribution in [0.2, 0.25) is 0 Å². The van der Waals surface area contributed by atoms with Crippen molar-refractivity contribution in [3.63, 3.8) is 0 Å². The number of hydrogen-bond donors (Lipinski definition) is 2. The summed E-state index contributed by atoms with van der Waals surface area (Å²) in [5, 5.41) is 3.35. The molecule has 11 heteroatoms. The van der Waals surface area contributed by atoms with E-state index in [9.17, 15) is 27.6 Å². The highest BCUT2D eigenvalue weighted by atomic mass is 19.4. The molecular formula is C18H20F3N3O5. The average Bonchev–Trinajstić information content (AvgIpc) is 3.27. The molecule has 1 saturated heterocycles. The number of hydrogen-bond acceptors (Lipinski definition) is 5. The largest absolute Gasteiger partial charge is 0.493 e. The van der Waals surface area contributed by atoms with Crippen LogP contribution in [0.15, 0.2) is 18.2 Å². The monoisotopic (exact) mass is 415 g/mol. The van der Waals surface area contributed by atoms with Crippen LogP contribution in [0.1, 0.15) is 36.0 Å². The van der Waals surface area contributed by atoms with E-state index in [1.54, 1.807) is 10.6 Å². The number of urea groups is 1. The summed E-state index contributed by atoms with van der Waals surface area (Å²) in [6, 6.07) is 1.94. The maximum atomic E-state index is 13.9. The Hall–Kier alpha value is -2.98. The Kier molecular flexibility index (Phi) is 5.33. The summed E-state index contributed by atoms with van der Waals surface area (Å²) < 4.78 is 51.8. The van der Waals surface area contributed by atoms with Gasteiger partial charge in [0.05, 0.1) is 14.2 Å². The smallest absolute Gasteiger partial charge is 0.440 e. The Morgan fingerprint density at radius 2 is 1.79 bits per heavy atom. The topological polar surface area (TPSA) is 97.0 Å². The highest BCUT2D eigenvalue weighted by Crippen LogP contribution is 2.37. The van der Waals surface area contributed by atoms with Gasteiger partial charge in [-0.05, 0) is 31.0 Å². The summed E-state index contributed by atoms with van der Waals surface area (Å²) in [6.45, 7) is 0. The van der Waals surface area contributed by atoms with Crippen molar-refractivity contribution in [2.45, 2.75) is 43.6 Å². The molecule has 8 nitrogen and oxygen atoms in total. The van der Waals surface area contributed by atoms with E-state index in [0.717, 1.165) is 0 Å². The Morgan fingerprint density at radius 3 is 2.34 bits per heavy atom. The molecule has 1 unspecified atom stereocenters. The molecule has 1 atom stereocenters. The number of carbonyl (C=O) groups is 3. The number of carbonyl (C=O) groups excluding carboxylic acids is 3. The molecule has 1 aromatic carbocycles. The van der Waals surface area contributed by atoms with Crippen molar-refractivity contribution < 1.29 is 37.0 Å². The van der Waals surface area contributed by atoms with Gasteiger partial charge < -0.3 is 14.8 Å². The maximum absolute atomic E-state index is 13.9. The number of amides is 4. The summed E-state index contributed by atoms with van der Waals surface area (Å²) in [5.41, 5.74) is -3.73. The molecule has 1 heterocycles. The van der Waals surface area contributed by atoms with Crippen molar-refractivity contribution in [1.29, 1.82) is 0 Å². The van der Waals surface area contributed by atoms with Gasteiger partial charge in [-0.25, -0.2) is 4.79 Å². The van der Waals surface area contributed by atoms with Crippen LogP contribution in [0.4, 0.5) is 18.0 Å². The molecule has 0 bridgehead atoms. The third-order valence-electron chi connectivity index (χ3n) is 5.11. The van der Waals surface area contributed by atoms with Crippen molar-refractivity contribution in [1.82, 2.24) is 15.5 Å². The second kappa shape index (κ2) is 7.45. The Balaban J connectivity index is 1.93. The number of methoxy groups -OCH3 is 2. The zero-order chi connectivity index (χ0) is 21.4. The molecule has 0 radical (unpaired) electrons. The summed E-state index contributed by atoms with van der Waals surface area (Å²) in [5.74, 6) is -2.34. The van der Waals surface area contributed by atoms with E-state index < -0.39 is 35.7 Å². The number of halogens is 3. The lowest BCUT2D eigenvalue weighted by molar-refractivity contribution is -0.200. The van der Waals surface area contributed by atoms with E-state index in [1.807, 2.05) is 0 Å². The Morgan fingerprint density at radius 1 is 1.17 bits per heavy atom. The van der Waals surface area contributed by atoms with Gasteiger partial charge in [0.15, 0.2) is 11.5 Å². The van der Waals surface area contributed by atoms with Crippen LogP contribution >= 0.6 is 0 Å². The van der Waals surface area contributed by atoms with Gasteiger partial charge in [-0.3, -0.25) is 19.8 Å². The van der Waals surface area contributed by atoms with E-state index in [4.69, 9.17) is 9.47 Å². The van der Waals surface area contributed by atoms with Crippen LogP contribution in [0, 0.1) is 0 Å². The van der Waals surface area contributed by atoms with Gasteiger partial charge in [-0.15, -0.1) is 0 Å². The first-order valence-corrected chi connectivity index (χ1v) is 8.91. The van der Waals surface area contributed by atoms with Crippen molar-refractivity contribution in [2.75, 3.05) is 14.2 Å². The van der Waals surface area contributed by atoms with Crippen LogP contribution < -0.4 is 20.1 Å². The van der Waals surface area contributed by atoms with Gasteiger partial charge in [0, 0.05) is 11.6 Å². The molecule has 1 aromatic rings. The van der Waals surface area contributed by atoms with Crippen LogP contribution in [0.3, 0.4) is 0 Å².